The molecule has 0 N–H and O–H groups in total. The van der Waals surface area contributed by atoms with E-state index in [1.165, 1.54) is 6.42 Å². The summed E-state index contributed by atoms with van der Waals surface area (Å²) in [5.74, 6) is 19.9. The second-order valence-electron chi connectivity index (χ2n) is 28.3. The van der Waals surface area contributed by atoms with Crippen LogP contribution in [-0.4, -0.2) is 23.0 Å². The third-order valence-electron chi connectivity index (χ3n) is 26.5. The lowest BCUT2D eigenvalue weighted by atomic mass is 9.48. The Hall–Kier alpha value is -0.0400. The minimum Gasteiger partial charge on any atom is -0.294 e. The van der Waals surface area contributed by atoms with Gasteiger partial charge in [-0.2, -0.15) is 0 Å². The van der Waals surface area contributed by atoms with Gasteiger partial charge in [0, 0.05) is 18.1 Å². The minimum atomic E-state index is 0.741. The van der Waals surface area contributed by atoms with Crippen LogP contribution in [0.25, 0.3) is 0 Å². The Kier molecular flexibility index (Phi) is 13.0. The molecule has 360 valence electrons. The molecule has 0 aromatic rings. The van der Waals surface area contributed by atoms with Gasteiger partial charge in [-0.15, -0.1) is 0 Å². The molecule has 0 saturated heterocycles. The Morgan fingerprint density at radius 2 is 0.688 bits per heavy atom. The topological polar surface area (TPSA) is 3.24 Å². The fourth-order valence-corrected chi connectivity index (χ4v) is 24.8. The van der Waals surface area contributed by atoms with E-state index in [0.29, 0.717) is 0 Å². The first-order valence-electron chi connectivity index (χ1n) is 31.5. The lowest BCUT2D eigenvalue weighted by Gasteiger charge is -2.58. The van der Waals surface area contributed by atoms with Crippen molar-refractivity contribution in [2.75, 3.05) is 0 Å². The van der Waals surface area contributed by atoms with E-state index in [1.54, 1.807) is 257 Å². The molecule has 0 aliphatic heterocycles. The van der Waals surface area contributed by atoms with Gasteiger partial charge >= 0.3 is 0 Å². The van der Waals surface area contributed by atoms with Crippen LogP contribution < -0.4 is 0 Å². The Bertz CT molecular complexity index is 1480. The molecular weight excluding hydrogens is 771 g/mol. The molecule has 0 heterocycles. The minimum absolute atomic E-state index is 0.741. The molecule has 14 atom stereocenters. The van der Waals surface area contributed by atoms with E-state index in [0.717, 1.165) is 130 Å². The number of fused-ring (bicyclic) bond motifs is 8. The van der Waals surface area contributed by atoms with Gasteiger partial charge in [-0.1, -0.05) is 128 Å². The largest absolute Gasteiger partial charge is 0.294 e. The second-order valence-corrected chi connectivity index (χ2v) is 28.3. The molecule has 0 spiro atoms. The van der Waals surface area contributed by atoms with E-state index in [9.17, 15) is 0 Å². The fourth-order valence-electron chi connectivity index (χ4n) is 24.8. The first kappa shape index (κ1) is 43.9. The molecule has 0 aromatic carbocycles. The third-order valence-corrected chi connectivity index (χ3v) is 26.5. The summed E-state index contributed by atoms with van der Waals surface area (Å²) < 4.78 is 0. The molecule has 0 radical (unpaired) electrons. The summed E-state index contributed by atoms with van der Waals surface area (Å²) >= 11 is 0. The maximum Gasteiger partial charge on any atom is 0.0132 e. The zero-order valence-electron chi connectivity index (χ0n) is 42.1. The molecular formula is C63H103N. The van der Waals surface area contributed by atoms with Crippen molar-refractivity contribution in [2.45, 2.75) is 281 Å². The molecule has 64 heavy (non-hydrogen) atoms. The normalized spacial score (nSPS) is 52.5. The van der Waals surface area contributed by atoms with Crippen molar-refractivity contribution in [3.63, 3.8) is 0 Å². The van der Waals surface area contributed by atoms with Crippen molar-refractivity contribution in [3.8, 4) is 0 Å². The zero-order valence-corrected chi connectivity index (χ0v) is 42.1. The molecule has 13 saturated carbocycles. The molecule has 13 rings (SSSR count). The maximum absolute atomic E-state index is 3.59. The van der Waals surface area contributed by atoms with E-state index >= 15 is 0 Å². The van der Waals surface area contributed by atoms with Crippen LogP contribution >= 0.6 is 0 Å². The maximum atomic E-state index is 3.59. The number of hydrogen-bond donors (Lipinski definition) is 0. The standard InChI is InChI=1S/C63H103N/c1-3-16-42(17-4-1)43-30-34-51(35-31-43)64(52-36-32-50(33-37-52)63(49-21-5-2-6-22-49)58-27-13-11-24-54(58)55-25-12-14-28-59(55)63)60-29-15-26-56-57(60)41-48-40-46-20-9-10-23-53(46)61(62(48)56)47-38-44-18-7-8-19-45(44)39-47/h42-62H,1-41H2. The number of nitrogens with zero attached hydrogens (tertiary/aromatic N) is 1. The highest BCUT2D eigenvalue weighted by atomic mass is 15.2. The molecule has 13 fully saturated rings. The monoisotopic (exact) mass is 874 g/mol. The lowest BCUT2D eigenvalue weighted by Crippen LogP contribution is -2.57. The van der Waals surface area contributed by atoms with Crippen LogP contribution in [0.15, 0.2) is 0 Å². The van der Waals surface area contributed by atoms with Crippen molar-refractivity contribution < 1.29 is 0 Å². The fraction of sp³-hybridized carbons (Fsp3) is 1.00. The van der Waals surface area contributed by atoms with Crippen LogP contribution in [0, 0.1) is 112 Å². The van der Waals surface area contributed by atoms with E-state index < -0.39 is 0 Å². The lowest BCUT2D eigenvalue weighted by molar-refractivity contribution is -0.0922. The van der Waals surface area contributed by atoms with E-state index in [1.807, 2.05) is 0 Å². The molecule has 0 bridgehead atoms. The van der Waals surface area contributed by atoms with E-state index in [4.69, 9.17) is 0 Å². The zero-order chi connectivity index (χ0) is 42.2. The van der Waals surface area contributed by atoms with Gasteiger partial charge in [-0.25, -0.2) is 0 Å². The van der Waals surface area contributed by atoms with Crippen LogP contribution in [0.3, 0.4) is 0 Å². The van der Waals surface area contributed by atoms with Crippen molar-refractivity contribution in [1.29, 1.82) is 0 Å². The summed E-state index contributed by atoms with van der Waals surface area (Å²) in [4.78, 5) is 3.59. The molecule has 14 unspecified atom stereocenters. The van der Waals surface area contributed by atoms with Gasteiger partial charge < -0.3 is 0 Å². The van der Waals surface area contributed by atoms with Crippen LogP contribution in [0.5, 0.6) is 0 Å². The SMILES string of the molecule is C1CCC(C2CCC(N(C3CCC(C4(C5CCCCC5)C5CCCCC5C5CCCCC54)CC3)C3CCCC4C3CC3CC5CCCCC5C(C5CC6CCCCC6C5)C34)CC2)CC1. The molecule has 13 aliphatic rings. The van der Waals surface area contributed by atoms with Crippen LogP contribution in [0.1, 0.15) is 263 Å². The summed E-state index contributed by atoms with van der Waals surface area (Å²) in [6.45, 7) is 0. The molecule has 13 aliphatic carbocycles. The number of rotatable bonds is 7. The molecule has 0 aromatic heterocycles. The Labute approximate surface area is 396 Å². The van der Waals surface area contributed by atoms with Crippen molar-refractivity contribution in [2.24, 2.45) is 112 Å². The van der Waals surface area contributed by atoms with Gasteiger partial charge in [0.15, 0.2) is 0 Å². The molecule has 1 nitrogen and oxygen atoms in total. The van der Waals surface area contributed by atoms with Crippen LogP contribution in [0.2, 0.25) is 0 Å². The predicted molar refractivity (Wildman–Crippen MR) is 268 cm³/mol. The Morgan fingerprint density at radius 1 is 0.250 bits per heavy atom. The summed E-state index contributed by atoms with van der Waals surface area (Å²) in [7, 11) is 0. The van der Waals surface area contributed by atoms with Gasteiger partial charge in [-0.05, 0) is 247 Å². The van der Waals surface area contributed by atoms with Gasteiger partial charge in [0.2, 0.25) is 0 Å². The summed E-state index contributed by atoms with van der Waals surface area (Å²) in [6.07, 6.45) is 65.7. The highest BCUT2D eigenvalue weighted by Crippen LogP contribution is 2.72. The summed E-state index contributed by atoms with van der Waals surface area (Å²) in [6, 6.07) is 2.79. The van der Waals surface area contributed by atoms with Gasteiger partial charge in [-0.3, -0.25) is 4.90 Å². The second kappa shape index (κ2) is 18.9. The Morgan fingerprint density at radius 3 is 1.34 bits per heavy atom. The molecule has 0 amide bonds. The van der Waals surface area contributed by atoms with Crippen molar-refractivity contribution >= 4 is 0 Å². The van der Waals surface area contributed by atoms with Gasteiger partial charge in [0.1, 0.15) is 0 Å². The average molecular weight is 875 g/mol. The van der Waals surface area contributed by atoms with Crippen molar-refractivity contribution in [1.82, 2.24) is 4.90 Å². The predicted octanol–water partition coefficient (Wildman–Crippen LogP) is 17.6. The first-order chi connectivity index (χ1) is 31.7. The summed E-state index contributed by atoms with van der Waals surface area (Å²) in [5, 5.41) is 0. The number of hydrogen-bond acceptors (Lipinski definition) is 1. The van der Waals surface area contributed by atoms with E-state index in [2.05, 4.69) is 4.90 Å². The summed E-state index contributed by atoms with van der Waals surface area (Å²) in [5.41, 5.74) is 0.741. The Balaban J connectivity index is 0.798. The highest BCUT2D eigenvalue weighted by molar-refractivity contribution is 5.15. The van der Waals surface area contributed by atoms with Gasteiger partial charge in [0.05, 0.1) is 0 Å². The quantitative estimate of drug-likeness (QED) is 0.246. The molecule has 1 heteroatoms. The smallest absolute Gasteiger partial charge is 0.0132 e. The van der Waals surface area contributed by atoms with Gasteiger partial charge in [0.25, 0.3) is 0 Å². The third kappa shape index (κ3) is 7.61. The van der Waals surface area contributed by atoms with Crippen LogP contribution in [0.4, 0.5) is 0 Å². The average Bonchev–Trinajstić information content (AvgIpc) is 4.06. The highest BCUT2D eigenvalue weighted by Gasteiger charge is 2.66. The van der Waals surface area contributed by atoms with E-state index in [-0.39, 0.29) is 0 Å². The first-order valence-corrected chi connectivity index (χ1v) is 31.5. The van der Waals surface area contributed by atoms with Crippen LogP contribution in [-0.2, 0) is 0 Å². The van der Waals surface area contributed by atoms with Crippen molar-refractivity contribution in [3.05, 3.63) is 0 Å².